The molecule has 0 spiro atoms. The van der Waals surface area contributed by atoms with E-state index in [-0.39, 0.29) is 24.4 Å². The molecule has 0 saturated heterocycles. The van der Waals surface area contributed by atoms with Crippen LogP contribution in [0.25, 0.3) is 10.8 Å². The van der Waals surface area contributed by atoms with Crippen molar-refractivity contribution in [1.82, 2.24) is 4.90 Å². The predicted octanol–water partition coefficient (Wildman–Crippen LogP) is 3.66. The third kappa shape index (κ3) is 2.52. The molecule has 1 aliphatic rings. The van der Waals surface area contributed by atoms with Crippen LogP contribution in [0.1, 0.15) is 18.1 Å². The maximum absolute atomic E-state index is 14.3. The number of rotatable bonds is 2. The van der Waals surface area contributed by atoms with Gasteiger partial charge in [-0.3, -0.25) is 4.79 Å². The highest BCUT2D eigenvalue weighted by Crippen LogP contribution is 2.33. The van der Waals surface area contributed by atoms with Gasteiger partial charge in [-0.05, 0) is 51.9 Å². The highest BCUT2D eigenvalue weighted by Gasteiger charge is 2.28. The number of hydrogen-bond acceptors (Lipinski definition) is 2. The Balaban J connectivity index is 2.09. The molecular weight excluding hydrogens is 349 g/mol. The first-order valence-corrected chi connectivity index (χ1v) is 7.99. The van der Waals surface area contributed by atoms with Crippen LogP contribution >= 0.6 is 15.9 Å². The molecule has 1 heterocycles. The minimum Gasteiger partial charge on any atom is -0.375 e. The number of ether oxygens (including phenoxy) is 1. The lowest BCUT2D eigenvalue weighted by molar-refractivity contribution is -0.138. The standard InChI is InChI=1S/C17H17BrFNO2/c1-10-7-11-3-4-13-12(5-6-15(18)17(13)19)14(11)8-20(10)16(21)9-22-2/h3-6,10H,7-9H2,1-2H3/t10-/m1/s1. The third-order valence-electron chi connectivity index (χ3n) is 4.26. The van der Waals surface area contributed by atoms with E-state index in [0.717, 1.165) is 17.4 Å². The van der Waals surface area contributed by atoms with Crippen LogP contribution in [0.4, 0.5) is 4.39 Å². The zero-order valence-corrected chi connectivity index (χ0v) is 14.1. The van der Waals surface area contributed by atoms with Gasteiger partial charge in [-0.25, -0.2) is 4.39 Å². The van der Waals surface area contributed by atoms with Crippen molar-refractivity contribution in [1.29, 1.82) is 0 Å². The first kappa shape index (κ1) is 15.4. The van der Waals surface area contributed by atoms with Gasteiger partial charge in [-0.15, -0.1) is 0 Å². The van der Waals surface area contributed by atoms with Crippen molar-refractivity contribution in [3.63, 3.8) is 0 Å². The molecule has 116 valence electrons. The maximum atomic E-state index is 14.3. The van der Waals surface area contributed by atoms with Gasteiger partial charge in [0.05, 0.1) is 4.47 Å². The van der Waals surface area contributed by atoms with E-state index < -0.39 is 0 Å². The zero-order valence-electron chi connectivity index (χ0n) is 12.5. The minimum absolute atomic E-state index is 0.0322. The summed E-state index contributed by atoms with van der Waals surface area (Å²) >= 11 is 3.22. The van der Waals surface area contributed by atoms with Gasteiger partial charge in [0.15, 0.2) is 0 Å². The van der Waals surface area contributed by atoms with Crippen molar-refractivity contribution in [2.24, 2.45) is 0 Å². The van der Waals surface area contributed by atoms with Crippen molar-refractivity contribution in [2.75, 3.05) is 13.7 Å². The van der Waals surface area contributed by atoms with E-state index in [0.29, 0.717) is 16.4 Å². The van der Waals surface area contributed by atoms with E-state index >= 15 is 0 Å². The Morgan fingerprint density at radius 2 is 2.09 bits per heavy atom. The number of methoxy groups -OCH3 is 1. The number of nitrogens with zero attached hydrogens (tertiary/aromatic N) is 1. The van der Waals surface area contributed by atoms with Crippen molar-refractivity contribution >= 4 is 32.6 Å². The molecule has 2 aromatic carbocycles. The third-order valence-corrected chi connectivity index (χ3v) is 4.87. The van der Waals surface area contributed by atoms with Crippen LogP contribution in [0.5, 0.6) is 0 Å². The summed E-state index contributed by atoms with van der Waals surface area (Å²) in [5, 5.41) is 1.46. The molecule has 0 fully saturated rings. The van der Waals surface area contributed by atoms with Crippen LogP contribution in [-0.4, -0.2) is 30.6 Å². The Kier molecular flexibility index (Phi) is 4.19. The molecule has 0 unspecified atom stereocenters. The smallest absolute Gasteiger partial charge is 0.249 e. The molecule has 1 amide bonds. The highest BCUT2D eigenvalue weighted by atomic mass is 79.9. The van der Waals surface area contributed by atoms with Crippen LogP contribution in [0.15, 0.2) is 28.7 Å². The molecule has 2 aromatic rings. The first-order chi connectivity index (χ1) is 10.5. The zero-order chi connectivity index (χ0) is 15.9. The van der Waals surface area contributed by atoms with Crippen LogP contribution in [0, 0.1) is 5.82 Å². The van der Waals surface area contributed by atoms with E-state index in [4.69, 9.17) is 4.74 Å². The quantitative estimate of drug-likeness (QED) is 0.812. The molecule has 0 N–H and O–H groups in total. The van der Waals surface area contributed by atoms with E-state index in [9.17, 15) is 9.18 Å². The molecule has 0 bridgehead atoms. The second kappa shape index (κ2) is 5.97. The summed E-state index contributed by atoms with van der Waals surface area (Å²) in [5.74, 6) is -0.288. The van der Waals surface area contributed by atoms with Crippen LogP contribution < -0.4 is 0 Å². The van der Waals surface area contributed by atoms with Crippen LogP contribution in [0.3, 0.4) is 0 Å². The number of hydrogen-bond donors (Lipinski definition) is 0. The summed E-state index contributed by atoms with van der Waals surface area (Å²) in [5.41, 5.74) is 2.22. The molecular formula is C17H17BrFNO2. The van der Waals surface area contributed by atoms with Gasteiger partial charge in [0, 0.05) is 25.1 Å². The molecule has 0 aromatic heterocycles. The molecule has 22 heavy (non-hydrogen) atoms. The van der Waals surface area contributed by atoms with E-state index in [2.05, 4.69) is 15.9 Å². The highest BCUT2D eigenvalue weighted by molar-refractivity contribution is 9.10. The van der Waals surface area contributed by atoms with Crippen LogP contribution in [-0.2, 0) is 22.5 Å². The normalized spacial score (nSPS) is 17.6. The molecule has 1 atom stereocenters. The van der Waals surface area contributed by atoms with Crippen molar-refractivity contribution < 1.29 is 13.9 Å². The van der Waals surface area contributed by atoms with Gasteiger partial charge in [0.2, 0.25) is 5.91 Å². The Bertz CT molecular complexity index is 747. The second-order valence-corrected chi connectivity index (χ2v) is 6.52. The summed E-state index contributed by atoms with van der Waals surface area (Å²) in [6.07, 6.45) is 0.776. The summed E-state index contributed by atoms with van der Waals surface area (Å²) in [6, 6.07) is 7.55. The van der Waals surface area contributed by atoms with Gasteiger partial charge in [0.25, 0.3) is 0 Å². The monoisotopic (exact) mass is 365 g/mol. The van der Waals surface area contributed by atoms with E-state index in [1.165, 1.54) is 12.7 Å². The molecule has 1 aliphatic heterocycles. The molecule has 5 heteroatoms. The topological polar surface area (TPSA) is 29.5 Å². The van der Waals surface area contributed by atoms with E-state index in [1.54, 1.807) is 6.07 Å². The summed E-state index contributed by atoms with van der Waals surface area (Å²) in [4.78, 5) is 14.0. The van der Waals surface area contributed by atoms with Gasteiger partial charge in [0.1, 0.15) is 12.4 Å². The van der Waals surface area contributed by atoms with E-state index in [1.807, 2.05) is 30.0 Å². The van der Waals surface area contributed by atoms with Crippen molar-refractivity contribution in [3.8, 4) is 0 Å². The summed E-state index contributed by atoms with van der Waals surface area (Å²) in [6.45, 7) is 2.60. The van der Waals surface area contributed by atoms with Crippen molar-refractivity contribution in [3.05, 3.63) is 45.7 Å². The summed E-state index contributed by atoms with van der Waals surface area (Å²) < 4.78 is 19.7. The van der Waals surface area contributed by atoms with Crippen LogP contribution in [0.2, 0.25) is 0 Å². The minimum atomic E-state index is -0.256. The fourth-order valence-electron chi connectivity index (χ4n) is 3.12. The fraction of sp³-hybridized carbons (Fsp3) is 0.353. The number of amides is 1. The molecule has 0 saturated carbocycles. The lowest BCUT2D eigenvalue weighted by Crippen LogP contribution is -2.44. The average Bonchev–Trinajstić information content (AvgIpc) is 2.50. The van der Waals surface area contributed by atoms with Crippen molar-refractivity contribution in [2.45, 2.75) is 25.9 Å². The maximum Gasteiger partial charge on any atom is 0.249 e. The molecule has 3 rings (SSSR count). The number of fused-ring (bicyclic) bond motifs is 3. The molecule has 0 aliphatic carbocycles. The lowest BCUT2D eigenvalue weighted by atomic mass is 9.90. The average molecular weight is 366 g/mol. The Morgan fingerprint density at radius 3 is 2.82 bits per heavy atom. The number of carbonyl (C=O) groups is 1. The van der Waals surface area contributed by atoms with Gasteiger partial charge < -0.3 is 9.64 Å². The van der Waals surface area contributed by atoms with Gasteiger partial charge in [-0.2, -0.15) is 0 Å². The predicted molar refractivity (Wildman–Crippen MR) is 87.2 cm³/mol. The number of carbonyl (C=O) groups excluding carboxylic acids is 1. The Morgan fingerprint density at radius 1 is 1.36 bits per heavy atom. The second-order valence-electron chi connectivity index (χ2n) is 5.67. The number of benzene rings is 2. The first-order valence-electron chi connectivity index (χ1n) is 7.19. The van der Waals surface area contributed by atoms with Gasteiger partial charge in [-0.1, -0.05) is 18.2 Å². The Hall–Kier alpha value is -1.46. The van der Waals surface area contributed by atoms with Gasteiger partial charge >= 0.3 is 0 Å². The Labute approximate surface area is 137 Å². The fourth-order valence-corrected chi connectivity index (χ4v) is 3.47. The molecule has 3 nitrogen and oxygen atoms in total. The summed E-state index contributed by atoms with van der Waals surface area (Å²) in [7, 11) is 1.52. The number of halogens is 2. The lowest BCUT2D eigenvalue weighted by Gasteiger charge is -2.35. The largest absolute Gasteiger partial charge is 0.375 e. The molecule has 0 radical (unpaired) electrons. The SMILES string of the molecule is COCC(=O)N1Cc2c(ccc3c(F)c(Br)ccc23)C[C@H]1C.